The van der Waals surface area contributed by atoms with Crippen LogP contribution in [0.25, 0.3) is 0 Å². The van der Waals surface area contributed by atoms with Gasteiger partial charge in [0.25, 0.3) is 0 Å². The monoisotopic (exact) mass is 121 g/mol. The molecule has 0 N–H and O–H groups in total. The first-order chi connectivity index (χ1) is 4.42. The zero-order valence-corrected chi connectivity index (χ0v) is 5.51. The highest BCUT2D eigenvalue weighted by atomic mass is 14.5. The van der Waals surface area contributed by atoms with E-state index in [2.05, 4.69) is 6.07 Å². The molecule has 2 fully saturated rings. The fourth-order valence-corrected chi connectivity index (χ4v) is 2.07. The molecule has 9 heavy (non-hydrogen) atoms. The molecule has 0 amide bonds. The molecule has 2 saturated carbocycles. The van der Waals surface area contributed by atoms with Gasteiger partial charge in [-0.15, -0.1) is 0 Å². The van der Waals surface area contributed by atoms with Gasteiger partial charge >= 0.3 is 0 Å². The molecular formula is C8H11N. The molecule has 48 valence electrons. The first kappa shape index (κ1) is 5.29. The van der Waals surface area contributed by atoms with Gasteiger partial charge in [0, 0.05) is 5.92 Å². The maximum atomic E-state index is 8.64. The van der Waals surface area contributed by atoms with E-state index in [4.69, 9.17) is 5.26 Å². The predicted octanol–water partition coefficient (Wildman–Crippen LogP) is 1.95. The summed E-state index contributed by atoms with van der Waals surface area (Å²) in [6, 6.07) is 2.40. The number of hydrogen-bond acceptors (Lipinski definition) is 1. The lowest BCUT2D eigenvalue weighted by atomic mass is 9.90. The predicted molar refractivity (Wildman–Crippen MR) is 34.6 cm³/mol. The van der Waals surface area contributed by atoms with E-state index in [1.54, 1.807) is 0 Å². The van der Waals surface area contributed by atoms with E-state index in [0.29, 0.717) is 5.92 Å². The summed E-state index contributed by atoms with van der Waals surface area (Å²) in [5, 5.41) is 8.64. The van der Waals surface area contributed by atoms with Crippen LogP contribution < -0.4 is 0 Å². The quantitative estimate of drug-likeness (QED) is 0.480. The van der Waals surface area contributed by atoms with E-state index in [1.807, 2.05) is 0 Å². The van der Waals surface area contributed by atoms with Crippen molar-refractivity contribution in [2.24, 2.45) is 17.8 Å². The van der Waals surface area contributed by atoms with Gasteiger partial charge in [0.05, 0.1) is 6.07 Å². The minimum atomic E-state index is 0.434. The lowest BCUT2D eigenvalue weighted by Crippen LogP contribution is -2.06. The Morgan fingerprint density at radius 1 is 1.33 bits per heavy atom. The number of rotatable bonds is 0. The van der Waals surface area contributed by atoms with E-state index in [9.17, 15) is 0 Å². The van der Waals surface area contributed by atoms with Crippen molar-refractivity contribution in [3.8, 4) is 6.07 Å². The Morgan fingerprint density at radius 2 is 2.22 bits per heavy atom. The van der Waals surface area contributed by atoms with Crippen LogP contribution in [0.15, 0.2) is 0 Å². The van der Waals surface area contributed by atoms with Gasteiger partial charge in [0.2, 0.25) is 0 Å². The van der Waals surface area contributed by atoms with Gasteiger partial charge in [-0.05, 0) is 24.7 Å². The normalized spacial score (nSPS) is 47.2. The molecule has 0 radical (unpaired) electrons. The van der Waals surface area contributed by atoms with Crippen LogP contribution >= 0.6 is 0 Å². The Bertz CT molecular complexity index is 156. The first-order valence-corrected chi connectivity index (χ1v) is 3.81. The molecule has 0 unspecified atom stereocenters. The maximum Gasteiger partial charge on any atom is 0.0658 e. The third kappa shape index (κ3) is 0.738. The fraction of sp³-hybridized carbons (Fsp3) is 0.875. The molecule has 3 atom stereocenters. The molecule has 0 saturated heterocycles. The second-order valence-electron chi connectivity index (χ2n) is 3.33. The van der Waals surface area contributed by atoms with E-state index in [-0.39, 0.29) is 0 Å². The first-order valence-electron chi connectivity index (χ1n) is 3.81. The van der Waals surface area contributed by atoms with Crippen molar-refractivity contribution in [3.63, 3.8) is 0 Å². The lowest BCUT2D eigenvalue weighted by Gasteiger charge is -2.12. The highest BCUT2D eigenvalue weighted by Crippen LogP contribution is 2.52. The Balaban J connectivity index is 2.02. The lowest BCUT2D eigenvalue weighted by molar-refractivity contribution is 0.403. The summed E-state index contributed by atoms with van der Waals surface area (Å²) in [5.74, 6) is 2.22. The van der Waals surface area contributed by atoms with Crippen LogP contribution in [-0.4, -0.2) is 0 Å². The molecule has 1 heteroatoms. The number of nitrogens with zero attached hydrogens (tertiary/aromatic N) is 1. The Hall–Kier alpha value is -0.510. The molecule has 0 heterocycles. The number of nitriles is 1. The molecule has 2 aliphatic rings. The van der Waals surface area contributed by atoms with Crippen LogP contribution in [-0.2, 0) is 0 Å². The van der Waals surface area contributed by atoms with Crippen LogP contribution in [0.5, 0.6) is 0 Å². The van der Waals surface area contributed by atoms with Crippen molar-refractivity contribution in [2.75, 3.05) is 0 Å². The van der Waals surface area contributed by atoms with E-state index < -0.39 is 0 Å². The van der Waals surface area contributed by atoms with Crippen LogP contribution in [0.3, 0.4) is 0 Å². The summed E-state index contributed by atoms with van der Waals surface area (Å²) in [6.07, 6.45) is 5.25. The third-order valence-electron chi connectivity index (χ3n) is 2.75. The van der Waals surface area contributed by atoms with Gasteiger partial charge in [-0.25, -0.2) is 0 Å². The molecule has 0 aromatic carbocycles. The minimum absolute atomic E-state index is 0.434. The summed E-state index contributed by atoms with van der Waals surface area (Å²) < 4.78 is 0. The van der Waals surface area contributed by atoms with Crippen molar-refractivity contribution >= 4 is 0 Å². The number of fused-ring (bicyclic) bond motifs is 1. The number of hydrogen-bond donors (Lipinski definition) is 0. The summed E-state index contributed by atoms with van der Waals surface area (Å²) >= 11 is 0. The molecular weight excluding hydrogens is 110 g/mol. The average molecular weight is 121 g/mol. The van der Waals surface area contributed by atoms with Crippen molar-refractivity contribution in [3.05, 3.63) is 0 Å². The second-order valence-corrected chi connectivity index (χ2v) is 3.33. The minimum Gasteiger partial charge on any atom is -0.198 e. The van der Waals surface area contributed by atoms with Gasteiger partial charge in [-0.1, -0.05) is 12.8 Å². The van der Waals surface area contributed by atoms with E-state index in [1.165, 1.54) is 25.7 Å². The van der Waals surface area contributed by atoms with E-state index >= 15 is 0 Å². The van der Waals surface area contributed by atoms with Gasteiger partial charge < -0.3 is 0 Å². The zero-order chi connectivity index (χ0) is 6.27. The van der Waals surface area contributed by atoms with Crippen molar-refractivity contribution in [1.29, 1.82) is 5.26 Å². The van der Waals surface area contributed by atoms with Gasteiger partial charge in [0.1, 0.15) is 0 Å². The molecule has 0 aliphatic heterocycles. The van der Waals surface area contributed by atoms with E-state index in [0.717, 1.165) is 11.8 Å². The summed E-state index contributed by atoms with van der Waals surface area (Å²) in [4.78, 5) is 0. The highest BCUT2D eigenvalue weighted by molar-refractivity contribution is 5.02. The van der Waals surface area contributed by atoms with Crippen molar-refractivity contribution < 1.29 is 0 Å². The average Bonchev–Trinajstić information content (AvgIpc) is 2.64. The maximum absolute atomic E-state index is 8.64. The second kappa shape index (κ2) is 1.73. The fourth-order valence-electron chi connectivity index (χ4n) is 2.07. The molecule has 0 spiro atoms. The Morgan fingerprint density at radius 3 is 2.89 bits per heavy atom. The summed E-state index contributed by atoms with van der Waals surface area (Å²) in [7, 11) is 0. The van der Waals surface area contributed by atoms with Gasteiger partial charge in [-0.3, -0.25) is 0 Å². The molecule has 1 nitrogen and oxygen atoms in total. The van der Waals surface area contributed by atoms with Crippen LogP contribution in [0.1, 0.15) is 25.7 Å². The molecule has 2 aliphatic carbocycles. The summed E-state index contributed by atoms with van der Waals surface area (Å²) in [6.45, 7) is 0. The molecule has 2 rings (SSSR count). The SMILES string of the molecule is N#C[C@@H]1CCC[C@H]2C[C@@H]21. The van der Waals surface area contributed by atoms with Gasteiger partial charge in [-0.2, -0.15) is 5.26 Å². The van der Waals surface area contributed by atoms with Crippen LogP contribution in [0.2, 0.25) is 0 Å². The zero-order valence-electron chi connectivity index (χ0n) is 5.51. The topological polar surface area (TPSA) is 23.8 Å². The van der Waals surface area contributed by atoms with Gasteiger partial charge in [0.15, 0.2) is 0 Å². The third-order valence-corrected chi connectivity index (χ3v) is 2.75. The highest BCUT2D eigenvalue weighted by Gasteiger charge is 2.45. The molecule has 0 bridgehead atoms. The van der Waals surface area contributed by atoms with Crippen LogP contribution in [0.4, 0.5) is 0 Å². The Labute approximate surface area is 55.7 Å². The molecule has 0 aromatic rings. The van der Waals surface area contributed by atoms with Crippen molar-refractivity contribution in [2.45, 2.75) is 25.7 Å². The Kier molecular flexibility index (Phi) is 1.02. The molecule has 0 aromatic heterocycles. The largest absolute Gasteiger partial charge is 0.198 e. The standard InChI is InChI=1S/C8H11N/c9-5-7-3-1-2-6-4-8(6)7/h6-8H,1-4H2/t6-,7-,8-/m0/s1. The van der Waals surface area contributed by atoms with Crippen LogP contribution in [0, 0.1) is 29.1 Å². The van der Waals surface area contributed by atoms with Crippen molar-refractivity contribution in [1.82, 2.24) is 0 Å². The summed E-state index contributed by atoms with van der Waals surface area (Å²) in [5.41, 5.74) is 0. The smallest absolute Gasteiger partial charge is 0.0658 e.